The highest BCUT2D eigenvalue weighted by atomic mass is 19.1. The third kappa shape index (κ3) is 8.33. The minimum Gasteiger partial charge on any atom is -0.493 e. The fraction of sp³-hybridized carbons (Fsp3) is 0.500. The fourth-order valence-corrected chi connectivity index (χ4v) is 4.04. The minimum absolute atomic E-state index is 0.193. The van der Waals surface area contributed by atoms with E-state index in [0.717, 1.165) is 56.4 Å². The van der Waals surface area contributed by atoms with Crippen LogP contribution >= 0.6 is 0 Å². The maximum atomic E-state index is 13.0. The molecule has 0 aromatic heterocycles. The first-order valence-corrected chi connectivity index (χ1v) is 11.5. The molecule has 1 atom stereocenters. The second-order valence-electron chi connectivity index (χ2n) is 8.23. The Kier molecular flexibility index (Phi) is 11.1. The van der Waals surface area contributed by atoms with Gasteiger partial charge in [-0.25, -0.2) is 4.39 Å². The lowest BCUT2D eigenvalue weighted by Gasteiger charge is -2.34. The van der Waals surface area contributed by atoms with E-state index in [1.165, 1.54) is 12.1 Å². The van der Waals surface area contributed by atoms with Crippen molar-refractivity contribution >= 4 is 5.97 Å². The number of benzene rings is 2. The Hall–Kier alpha value is -2.64. The van der Waals surface area contributed by atoms with Gasteiger partial charge < -0.3 is 24.6 Å². The van der Waals surface area contributed by atoms with Crippen LogP contribution in [0.5, 0.6) is 11.5 Å². The van der Waals surface area contributed by atoms with Gasteiger partial charge in [0.1, 0.15) is 5.82 Å². The molecule has 1 heterocycles. The van der Waals surface area contributed by atoms with Crippen LogP contribution in [0, 0.1) is 11.7 Å². The summed E-state index contributed by atoms with van der Waals surface area (Å²) in [6.07, 6.45) is 3.25. The van der Waals surface area contributed by atoms with E-state index in [2.05, 4.69) is 4.90 Å². The van der Waals surface area contributed by atoms with E-state index in [1.807, 2.05) is 37.3 Å². The van der Waals surface area contributed by atoms with E-state index >= 15 is 0 Å². The molecular formula is C26H36FNO5. The normalized spacial score (nSPS) is 15.3. The number of aliphatic carboxylic acids is 1. The highest BCUT2D eigenvalue weighted by Crippen LogP contribution is 2.39. The number of carboxylic acids is 1. The zero-order chi connectivity index (χ0) is 24.2. The smallest absolute Gasteiger partial charge is 0.303 e. The summed E-state index contributed by atoms with van der Waals surface area (Å²) in [5, 5.41) is 18.8. The zero-order valence-corrected chi connectivity index (χ0v) is 19.8. The van der Waals surface area contributed by atoms with Crippen LogP contribution in [0.1, 0.15) is 49.8 Å². The number of para-hydroxylation sites is 1. The molecule has 0 aliphatic carbocycles. The number of rotatable bonds is 9. The van der Waals surface area contributed by atoms with Crippen molar-refractivity contribution in [1.82, 2.24) is 4.90 Å². The average molecular weight is 462 g/mol. The molecule has 0 amide bonds. The zero-order valence-electron chi connectivity index (χ0n) is 19.8. The molecule has 1 saturated heterocycles. The van der Waals surface area contributed by atoms with Gasteiger partial charge in [0.15, 0.2) is 11.5 Å². The van der Waals surface area contributed by atoms with Gasteiger partial charge in [0.05, 0.1) is 20.3 Å². The van der Waals surface area contributed by atoms with Crippen molar-refractivity contribution in [3.63, 3.8) is 0 Å². The maximum Gasteiger partial charge on any atom is 0.303 e. The number of carbonyl (C=O) groups is 1. The number of aliphatic hydroxyl groups is 1. The van der Waals surface area contributed by atoms with Gasteiger partial charge in [-0.3, -0.25) is 4.79 Å². The van der Waals surface area contributed by atoms with Crippen LogP contribution in [0.25, 0.3) is 0 Å². The lowest BCUT2D eigenvalue weighted by atomic mass is 9.87. The van der Waals surface area contributed by atoms with Gasteiger partial charge in [-0.2, -0.15) is 0 Å². The number of nitrogens with zero attached hydrogens (tertiary/aromatic N) is 1. The first-order valence-electron chi connectivity index (χ1n) is 11.5. The average Bonchev–Trinajstić information content (AvgIpc) is 2.83. The van der Waals surface area contributed by atoms with Crippen molar-refractivity contribution < 1.29 is 28.9 Å². The number of aliphatic hydroxyl groups excluding tert-OH is 1. The Labute approximate surface area is 196 Å². The van der Waals surface area contributed by atoms with Crippen LogP contribution in [0.15, 0.2) is 42.5 Å². The monoisotopic (exact) mass is 461 g/mol. The Bertz CT molecular complexity index is 850. The molecule has 1 unspecified atom stereocenters. The van der Waals surface area contributed by atoms with Gasteiger partial charge >= 0.3 is 5.97 Å². The standard InChI is InChI=1S/C22H28FNO3.C4H8O2/c1-26-20-5-3-4-19(22(20)27-2)21(25)17-11-14-24(15-12-17)13-10-16-6-8-18(23)9-7-16;1-2-3-4(5)6/h3-9,17,21,25H,10-15H2,1-2H3;2-3H2,1H3,(H,5,6). The molecule has 1 aliphatic heterocycles. The molecule has 2 N–H and O–H groups in total. The lowest BCUT2D eigenvalue weighted by Crippen LogP contribution is -2.36. The summed E-state index contributed by atoms with van der Waals surface area (Å²) in [5.74, 6) is 0.559. The number of ether oxygens (including phenoxy) is 2. The Morgan fingerprint density at radius 2 is 1.79 bits per heavy atom. The van der Waals surface area contributed by atoms with Gasteiger partial charge in [-0.1, -0.05) is 31.2 Å². The van der Waals surface area contributed by atoms with Crippen molar-refractivity contribution in [2.75, 3.05) is 33.9 Å². The van der Waals surface area contributed by atoms with E-state index in [4.69, 9.17) is 14.6 Å². The molecule has 2 aromatic carbocycles. The number of hydrogen-bond acceptors (Lipinski definition) is 5. The number of methoxy groups -OCH3 is 2. The van der Waals surface area contributed by atoms with Crippen LogP contribution in [-0.4, -0.2) is 54.9 Å². The van der Waals surface area contributed by atoms with Gasteiger partial charge in [0.25, 0.3) is 0 Å². The topological polar surface area (TPSA) is 79.2 Å². The van der Waals surface area contributed by atoms with Gasteiger partial charge in [0, 0.05) is 18.5 Å². The summed E-state index contributed by atoms with van der Waals surface area (Å²) < 4.78 is 23.8. The summed E-state index contributed by atoms with van der Waals surface area (Å²) in [4.78, 5) is 12.0. The molecule has 1 aliphatic rings. The number of carboxylic acid groups (broad SMARTS) is 1. The SMILES string of the molecule is CCCC(=O)O.COc1cccc(C(O)C2CCN(CCc3ccc(F)cc3)CC2)c1OC. The molecule has 0 radical (unpaired) electrons. The van der Waals surface area contributed by atoms with E-state index in [0.29, 0.717) is 17.9 Å². The highest BCUT2D eigenvalue weighted by Gasteiger charge is 2.28. The predicted molar refractivity (Wildman–Crippen MR) is 126 cm³/mol. The molecule has 6 nitrogen and oxygen atoms in total. The Balaban J connectivity index is 0.000000569. The third-order valence-electron chi connectivity index (χ3n) is 5.92. The van der Waals surface area contributed by atoms with Crippen molar-refractivity contribution in [3.05, 3.63) is 59.4 Å². The molecule has 0 bridgehead atoms. The maximum absolute atomic E-state index is 13.0. The fourth-order valence-electron chi connectivity index (χ4n) is 4.04. The molecular weight excluding hydrogens is 425 g/mol. The summed E-state index contributed by atoms with van der Waals surface area (Å²) in [7, 11) is 3.21. The highest BCUT2D eigenvalue weighted by molar-refractivity contribution is 5.66. The molecule has 2 aromatic rings. The van der Waals surface area contributed by atoms with Crippen molar-refractivity contribution in [1.29, 1.82) is 0 Å². The quantitative estimate of drug-likeness (QED) is 0.563. The van der Waals surface area contributed by atoms with E-state index in [1.54, 1.807) is 14.2 Å². The second-order valence-corrected chi connectivity index (χ2v) is 8.23. The van der Waals surface area contributed by atoms with Crippen molar-refractivity contribution in [2.45, 2.75) is 45.1 Å². The summed E-state index contributed by atoms with van der Waals surface area (Å²) in [6, 6.07) is 12.4. The van der Waals surface area contributed by atoms with Crippen LogP contribution in [-0.2, 0) is 11.2 Å². The molecule has 0 spiro atoms. The molecule has 182 valence electrons. The van der Waals surface area contributed by atoms with Crippen LogP contribution in [0.3, 0.4) is 0 Å². The second kappa shape index (κ2) is 13.8. The largest absolute Gasteiger partial charge is 0.493 e. The van der Waals surface area contributed by atoms with Gasteiger partial charge in [-0.05, 0) is 68.5 Å². The van der Waals surface area contributed by atoms with Crippen molar-refractivity contribution in [2.24, 2.45) is 5.92 Å². The predicted octanol–water partition coefficient (Wildman–Crippen LogP) is 4.70. The summed E-state index contributed by atoms with van der Waals surface area (Å²) >= 11 is 0. The lowest BCUT2D eigenvalue weighted by molar-refractivity contribution is -0.137. The van der Waals surface area contributed by atoms with E-state index < -0.39 is 12.1 Å². The molecule has 3 rings (SSSR count). The number of likely N-dealkylation sites (tertiary alicyclic amines) is 1. The Morgan fingerprint density at radius 1 is 1.12 bits per heavy atom. The number of halogens is 1. The first-order chi connectivity index (χ1) is 15.9. The van der Waals surface area contributed by atoms with Crippen LogP contribution in [0.4, 0.5) is 4.39 Å². The number of hydrogen-bond donors (Lipinski definition) is 2. The number of piperidine rings is 1. The molecule has 7 heteroatoms. The Morgan fingerprint density at radius 3 is 2.30 bits per heavy atom. The molecule has 33 heavy (non-hydrogen) atoms. The third-order valence-corrected chi connectivity index (χ3v) is 5.92. The molecule has 0 saturated carbocycles. The van der Waals surface area contributed by atoms with E-state index in [-0.39, 0.29) is 11.7 Å². The van der Waals surface area contributed by atoms with E-state index in [9.17, 15) is 14.3 Å². The summed E-state index contributed by atoms with van der Waals surface area (Å²) in [6.45, 7) is 4.70. The van der Waals surface area contributed by atoms with Crippen molar-refractivity contribution in [3.8, 4) is 11.5 Å². The minimum atomic E-state index is -0.711. The van der Waals surface area contributed by atoms with Gasteiger partial charge in [-0.15, -0.1) is 0 Å². The van der Waals surface area contributed by atoms with Crippen LogP contribution < -0.4 is 9.47 Å². The van der Waals surface area contributed by atoms with Gasteiger partial charge in [0.2, 0.25) is 0 Å². The molecule has 1 fully saturated rings. The summed E-state index contributed by atoms with van der Waals surface area (Å²) in [5.41, 5.74) is 1.95. The first kappa shape index (κ1) is 26.6. The van der Waals surface area contributed by atoms with Crippen LogP contribution in [0.2, 0.25) is 0 Å².